The molecule has 26 heavy (non-hydrogen) atoms. The molecule has 7 heteroatoms. The summed E-state index contributed by atoms with van der Waals surface area (Å²) >= 11 is 5.64. The van der Waals surface area contributed by atoms with Gasteiger partial charge in [-0.25, -0.2) is 9.07 Å². The summed E-state index contributed by atoms with van der Waals surface area (Å²) in [6.07, 6.45) is 4.27. The molecule has 5 nitrogen and oxygen atoms in total. The quantitative estimate of drug-likeness (QED) is 0.573. The normalized spacial score (nSPS) is 18.3. The maximum atomic E-state index is 14.0. The molecular weight excluding hydrogens is 349 g/mol. The molecule has 0 unspecified atom stereocenters. The van der Waals surface area contributed by atoms with Gasteiger partial charge in [0.25, 0.3) is 0 Å². The molecule has 2 heterocycles. The Morgan fingerprint density at radius 3 is 2.58 bits per heavy atom. The van der Waals surface area contributed by atoms with E-state index in [1.165, 1.54) is 18.9 Å². The Morgan fingerprint density at radius 2 is 1.92 bits per heavy atom. The first-order chi connectivity index (χ1) is 12.7. The number of nitrogens with zero attached hydrogens (tertiary/aromatic N) is 5. The summed E-state index contributed by atoms with van der Waals surface area (Å²) < 4.78 is 18.8. The molecule has 4 rings (SSSR count). The number of hydrogen-bond acceptors (Lipinski definition) is 4. The molecule has 0 radical (unpaired) electrons. The zero-order chi connectivity index (χ0) is 18.1. The first-order valence-electron chi connectivity index (χ1n) is 9.17. The maximum absolute atomic E-state index is 14.0. The van der Waals surface area contributed by atoms with Crippen LogP contribution in [-0.4, -0.2) is 45.4 Å². The van der Waals surface area contributed by atoms with Crippen LogP contribution < -0.4 is 4.90 Å². The maximum Gasteiger partial charge on any atom is 0.199 e. The number of anilines is 1. The second-order valence-corrected chi connectivity index (χ2v) is 7.38. The lowest BCUT2D eigenvalue weighted by molar-refractivity contribution is 0.193. The van der Waals surface area contributed by atoms with E-state index in [9.17, 15) is 4.39 Å². The highest BCUT2D eigenvalue weighted by Gasteiger charge is 2.30. The van der Waals surface area contributed by atoms with Crippen molar-refractivity contribution >= 4 is 17.9 Å². The lowest BCUT2D eigenvalue weighted by Gasteiger charge is -2.35. The van der Waals surface area contributed by atoms with Crippen molar-refractivity contribution in [1.29, 1.82) is 0 Å². The van der Waals surface area contributed by atoms with Crippen LogP contribution in [0.25, 0.3) is 0 Å². The zero-order valence-corrected chi connectivity index (χ0v) is 15.7. The first-order valence-corrected chi connectivity index (χ1v) is 9.58. The lowest BCUT2D eigenvalue weighted by Crippen LogP contribution is -2.47. The monoisotopic (exact) mass is 373 g/mol. The number of para-hydroxylation sites is 1. The third-order valence-corrected chi connectivity index (χ3v) is 5.54. The van der Waals surface area contributed by atoms with E-state index in [1.54, 1.807) is 6.07 Å². The second-order valence-electron chi connectivity index (χ2n) is 7.01. The van der Waals surface area contributed by atoms with E-state index in [0.717, 1.165) is 36.8 Å². The average Bonchev–Trinajstić information content (AvgIpc) is 3.45. The van der Waals surface area contributed by atoms with Crippen molar-refractivity contribution in [3.63, 3.8) is 0 Å². The lowest BCUT2D eigenvalue weighted by atomic mass is 10.2. The third-order valence-electron chi connectivity index (χ3n) is 5.10. The van der Waals surface area contributed by atoms with E-state index in [0.29, 0.717) is 24.8 Å². The van der Waals surface area contributed by atoms with Gasteiger partial charge in [-0.3, -0.25) is 9.47 Å². The van der Waals surface area contributed by atoms with Crippen molar-refractivity contribution in [2.45, 2.75) is 32.0 Å². The van der Waals surface area contributed by atoms with Crippen LogP contribution in [0.5, 0.6) is 0 Å². The topological polar surface area (TPSA) is 29.2 Å². The molecule has 1 saturated heterocycles. The van der Waals surface area contributed by atoms with Crippen LogP contribution in [0, 0.1) is 10.6 Å². The van der Waals surface area contributed by atoms with Gasteiger partial charge >= 0.3 is 0 Å². The fraction of sp³-hybridized carbons (Fsp3) is 0.474. The zero-order valence-electron chi connectivity index (χ0n) is 14.9. The van der Waals surface area contributed by atoms with Crippen LogP contribution in [0.1, 0.15) is 24.6 Å². The van der Waals surface area contributed by atoms with Crippen molar-refractivity contribution in [3.05, 3.63) is 53.3 Å². The minimum Gasteiger partial charge on any atom is -0.367 e. The largest absolute Gasteiger partial charge is 0.367 e. The minimum atomic E-state index is -0.152. The number of benzene rings is 1. The standard InChI is InChI=1S/C19H24FN5S/c1-2-9-24-18(15-7-8-15)21-25(19(24)26)14-22-10-12-23(13-11-22)17-6-4-3-5-16(17)20/h2-6,15H,1,7-14H2. The summed E-state index contributed by atoms with van der Waals surface area (Å²) in [4.78, 5) is 4.44. The first kappa shape index (κ1) is 17.4. The number of allylic oxidation sites excluding steroid dienone is 1. The number of hydrogen-bond donors (Lipinski definition) is 0. The van der Waals surface area contributed by atoms with Crippen molar-refractivity contribution in [2.24, 2.45) is 0 Å². The summed E-state index contributed by atoms with van der Waals surface area (Å²) in [6, 6.07) is 6.98. The fourth-order valence-electron chi connectivity index (χ4n) is 3.52. The summed E-state index contributed by atoms with van der Waals surface area (Å²) in [5.41, 5.74) is 0.690. The van der Waals surface area contributed by atoms with E-state index < -0.39 is 0 Å². The van der Waals surface area contributed by atoms with E-state index in [4.69, 9.17) is 17.3 Å². The molecular formula is C19H24FN5S. The van der Waals surface area contributed by atoms with Gasteiger partial charge in [0, 0.05) is 38.6 Å². The predicted molar refractivity (Wildman–Crippen MR) is 103 cm³/mol. The van der Waals surface area contributed by atoms with E-state index in [1.807, 2.05) is 22.9 Å². The third kappa shape index (κ3) is 3.46. The highest BCUT2D eigenvalue weighted by Crippen LogP contribution is 2.39. The summed E-state index contributed by atoms with van der Waals surface area (Å²) in [6.45, 7) is 8.57. The van der Waals surface area contributed by atoms with Crippen molar-refractivity contribution in [3.8, 4) is 0 Å². The molecule has 0 amide bonds. The van der Waals surface area contributed by atoms with Gasteiger partial charge in [-0.2, -0.15) is 5.10 Å². The molecule has 0 bridgehead atoms. The van der Waals surface area contributed by atoms with Gasteiger partial charge in [0.05, 0.1) is 12.4 Å². The van der Waals surface area contributed by atoms with Crippen molar-refractivity contribution in [1.82, 2.24) is 19.2 Å². The Morgan fingerprint density at radius 1 is 1.19 bits per heavy atom. The van der Waals surface area contributed by atoms with Gasteiger partial charge in [-0.15, -0.1) is 6.58 Å². The molecule has 0 atom stereocenters. The van der Waals surface area contributed by atoms with Gasteiger partial charge < -0.3 is 4.90 Å². The second kappa shape index (κ2) is 7.32. The molecule has 1 aromatic carbocycles. The number of aromatic nitrogens is 3. The minimum absolute atomic E-state index is 0.152. The Hall–Kier alpha value is -1.99. The highest BCUT2D eigenvalue weighted by atomic mass is 32.1. The molecule has 1 aliphatic heterocycles. The smallest absolute Gasteiger partial charge is 0.199 e. The molecule has 2 aliphatic rings. The number of halogens is 1. The van der Waals surface area contributed by atoms with E-state index in [2.05, 4.69) is 20.9 Å². The van der Waals surface area contributed by atoms with Crippen LogP contribution >= 0.6 is 12.2 Å². The molecule has 0 spiro atoms. The van der Waals surface area contributed by atoms with Gasteiger partial charge in [-0.05, 0) is 37.2 Å². The van der Waals surface area contributed by atoms with Crippen LogP contribution in [0.15, 0.2) is 36.9 Å². The van der Waals surface area contributed by atoms with Gasteiger partial charge in [0.2, 0.25) is 0 Å². The summed E-state index contributed by atoms with van der Waals surface area (Å²) in [5.74, 6) is 1.50. The molecule has 2 aromatic rings. The van der Waals surface area contributed by atoms with Crippen molar-refractivity contribution < 1.29 is 4.39 Å². The highest BCUT2D eigenvalue weighted by molar-refractivity contribution is 7.71. The van der Waals surface area contributed by atoms with Gasteiger partial charge in [-0.1, -0.05) is 18.2 Å². The molecule has 0 N–H and O–H groups in total. The Bertz CT molecular complexity index is 846. The van der Waals surface area contributed by atoms with E-state index in [-0.39, 0.29) is 5.82 Å². The van der Waals surface area contributed by atoms with Crippen LogP contribution in [0.4, 0.5) is 10.1 Å². The van der Waals surface area contributed by atoms with Crippen molar-refractivity contribution in [2.75, 3.05) is 31.1 Å². The van der Waals surface area contributed by atoms with Crippen LogP contribution in [-0.2, 0) is 13.2 Å². The number of rotatable bonds is 6. The SMILES string of the molecule is C=CCn1c(C2CC2)nn(CN2CCN(c3ccccc3F)CC2)c1=S. The molecule has 1 saturated carbocycles. The Labute approximate surface area is 158 Å². The Kier molecular flexibility index (Phi) is 4.91. The van der Waals surface area contributed by atoms with Gasteiger partial charge in [0.1, 0.15) is 11.6 Å². The fourth-order valence-corrected chi connectivity index (χ4v) is 3.79. The van der Waals surface area contributed by atoms with Gasteiger partial charge in [0.15, 0.2) is 4.77 Å². The van der Waals surface area contributed by atoms with E-state index >= 15 is 0 Å². The molecule has 2 fully saturated rings. The average molecular weight is 374 g/mol. The number of piperazine rings is 1. The predicted octanol–water partition coefficient (Wildman–Crippen LogP) is 3.40. The van der Waals surface area contributed by atoms with Crippen LogP contribution in [0.2, 0.25) is 0 Å². The summed E-state index contributed by atoms with van der Waals surface area (Å²) in [7, 11) is 0. The molecule has 1 aromatic heterocycles. The summed E-state index contributed by atoms with van der Waals surface area (Å²) in [5, 5.41) is 4.79. The molecule has 138 valence electrons. The molecule has 1 aliphatic carbocycles. The Balaban J connectivity index is 1.43. The van der Waals surface area contributed by atoms with Crippen LogP contribution in [0.3, 0.4) is 0 Å².